The maximum atomic E-state index is 12.6. The highest BCUT2D eigenvalue weighted by Gasteiger charge is 2.33. The van der Waals surface area contributed by atoms with Gasteiger partial charge in [0.25, 0.3) is 0 Å². The third-order valence-corrected chi connectivity index (χ3v) is 5.20. The van der Waals surface area contributed by atoms with Gasteiger partial charge in [0.05, 0.1) is 31.3 Å². The molecule has 0 saturated carbocycles. The van der Waals surface area contributed by atoms with Gasteiger partial charge in [-0.15, -0.1) is 10.2 Å². The molecule has 0 saturated heterocycles. The standard InChI is InChI=1S/C22H31N5O4/c1-4-31-20(28)16-10-11-27-18(12-16)25-26-19(27)17(24-21(29)22(2,3)23)14-30-13-15-8-6-5-7-9-15/h5-9,16-17H,4,10-14,23H2,1-3H3,(H,24,29). The number of aromatic nitrogens is 3. The van der Waals surface area contributed by atoms with Gasteiger partial charge in [-0.1, -0.05) is 30.3 Å². The fourth-order valence-electron chi connectivity index (χ4n) is 3.46. The Labute approximate surface area is 182 Å². The summed E-state index contributed by atoms with van der Waals surface area (Å²) in [5.41, 5.74) is 5.96. The molecule has 0 aliphatic carbocycles. The summed E-state index contributed by atoms with van der Waals surface area (Å²) in [4.78, 5) is 24.7. The molecule has 0 spiro atoms. The third kappa shape index (κ3) is 5.89. The van der Waals surface area contributed by atoms with Crippen molar-refractivity contribution < 1.29 is 19.1 Å². The Morgan fingerprint density at radius 1 is 1.29 bits per heavy atom. The average Bonchev–Trinajstić information content (AvgIpc) is 3.16. The summed E-state index contributed by atoms with van der Waals surface area (Å²) < 4.78 is 13.0. The van der Waals surface area contributed by atoms with E-state index in [4.69, 9.17) is 15.2 Å². The Balaban J connectivity index is 1.74. The Morgan fingerprint density at radius 2 is 2.03 bits per heavy atom. The molecule has 2 heterocycles. The fraction of sp³-hybridized carbons (Fsp3) is 0.545. The molecule has 9 heteroatoms. The number of amides is 1. The Bertz CT molecular complexity index is 891. The number of nitrogens with zero attached hydrogens (tertiary/aromatic N) is 3. The van der Waals surface area contributed by atoms with Crippen molar-refractivity contribution in [2.24, 2.45) is 11.7 Å². The second kappa shape index (κ2) is 10.0. The van der Waals surface area contributed by atoms with Gasteiger partial charge in [0.1, 0.15) is 11.9 Å². The second-order valence-electron chi connectivity index (χ2n) is 8.32. The van der Waals surface area contributed by atoms with Gasteiger partial charge in [0, 0.05) is 13.0 Å². The van der Waals surface area contributed by atoms with Crippen molar-refractivity contribution in [3.63, 3.8) is 0 Å². The van der Waals surface area contributed by atoms with E-state index >= 15 is 0 Å². The minimum Gasteiger partial charge on any atom is -0.466 e. The summed E-state index contributed by atoms with van der Waals surface area (Å²) in [5.74, 6) is 0.559. The number of carbonyl (C=O) groups excluding carboxylic acids is 2. The van der Waals surface area contributed by atoms with Crippen LogP contribution in [0.4, 0.5) is 0 Å². The highest BCUT2D eigenvalue weighted by molar-refractivity contribution is 5.85. The van der Waals surface area contributed by atoms with Crippen molar-refractivity contribution in [1.82, 2.24) is 20.1 Å². The SMILES string of the molecule is CCOC(=O)C1CCn2c(nnc2C(COCc2ccccc2)NC(=O)C(C)(C)N)C1. The van der Waals surface area contributed by atoms with E-state index in [1.54, 1.807) is 20.8 Å². The summed E-state index contributed by atoms with van der Waals surface area (Å²) in [6.07, 6.45) is 1.09. The molecule has 2 aromatic rings. The number of hydrogen-bond donors (Lipinski definition) is 2. The minimum absolute atomic E-state index is 0.209. The Kier molecular flexibility index (Phi) is 7.40. The number of esters is 1. The molecule has 3 rings (SSSR count). The highest BCUT2D eigenvalue weighted by Crippen LogP contribution is 2.24. The van der Waals surface area contributed by atoms with Gasteiger partial charge in [0.15, 0.2) is 5.82 Å². The lowest BCUT2D eigenvalue weighted by Crippen LogP contribution is -2.51. The van der Waals surface area contributed by atoms with E-state index < -0.39 is 11.6 Å². The van der Waals surface area contributed by atoms with Crippen molar-refractivity contribution in [1.29, 1.82) is 0 Å². The number of nitrogens with one attached hydrogen (secondary N) is 1. The smallest absolute Gasteiger partial charge is 0.309 e. The molecule has 1 aromatic heterocycles. The molecule has 1 aliphatic heterocycles. The largest absolute Gasteiger partial charge is 0.466 e. The molecule has 0 bridgehead atoms. The van der Waals surface area contributed by atoms with Crippen LogP contribution in [0.25, 0.3) is 0 Å². The van der Waals surface area contributed by atoms with Crippen LogP contribution in [0.2, 0.25) is 0 Å². The first kappa shape index (κ1) is 22.9. The summed E-state index contributed by atoms with van der Waals surface area (Å²) >= 11 is 0. The van der Waals surface area contributed by atoms with Crippen molar-refractivity contribution in [2.75, 3.05) is 13.2 Å². The van der Waals surface area contributed by atoms with Gasteiger partial charge in [-0.05, 0) is 32.8 Å². The van der Waals surface area contributed by atoms with E-state index in [1.807, 2.05) is 34.9 Å². The summed E-state index contributed by atoms with van der Waals surface area (Å²) in [6.45, 7) is 6.64. The summed E-state index contributed by atoms with van der Waals surface area (Å²) in [7, 11) is 0. The lowest BCUT2D eigenvalue weighted by Gasteiger charge is -2.26. The molecule has 1 aliphatic rings. The van der Waals surface area contributed by atoms with Gasteiger partial charge in [-0.2, -0.15) is 0 Å². The molecule has 2 atom stereocenters. The predicted molar refractivity (Wildman–Crippen MR) is 114 cm³/mol. The zero-order valence-electron chi connectivity index (χ0n) is 18.3. The average molecular weight is 430 g/mol. The third-order valence-electron chi connectivity index (χ3n) is 5.20. The first-order valence-corrected chi connectivity index (χ1v) is 10.6. The Morgan fingerprint density at radius 3 is 2.71 bits per heavy atom. The van der Waals surface area contributed by atoms with Crippen LogP contribution in [0.5, 0.6) is 0 Å². The quantitative estimate of drug-likeness (QED) is 0.580. The summed E-state index contributed by atoms with van der Waals surface area (Å²) in [6, 6.07) is 9.28. The number of ether oxygens (including phenoxy) is 2. The lowest BCUT2D eigenvalue weighted by atomic mass is 9.97. The van der Waals surface area contributed by atoms with E-state index in [9.17, 15) is 9.59 Å². The van der Waals surface area contributed by atoms with E-state index in [0.29, 0.717) is 44.2 Å². The normalized spacial score (nSPS) is 17.0. The van der Waals surface area contributed by atoms with E-state index in [-0.39, 0.29) is 24.4 Å². The zero-order valence-corrected chi connectivity index (χ0v) is 18.3. The first-order chi connectivity index (χ1) is 14.8. The van der Waals surface area contributed by atoms with Crippen LogP contribution in [0.15, 0.2) is 30.3 Å². The fourth-order valence-corrected chi connectivity index (χ4v) is 3.46. The van der Waals surface area contributed by atoms with Crippen LogP contribution < -0.4 is 11.1 Å². The van der Waals surface area contributed by atoms with Crippen LogP contribution in [-0.2, 0) is 38.6 Å². The number of nitrogens with two attached hydrogens (primary N) is 1. The number of fused-ring (bicyclic) bond motifs is 1. The summed E-state index contributed by atoms with van der Waals surface area (Å²) in [5, 5.41) is 11.5. The predicted octanol–water partition coefficient (Wildman–Crippen LogP) is 1.51. The molecule has 0 radical (unpaired) electrons. The molecule has 31 heavy (non-hydrogen) atoms. The molecular formula is C22H31N5O4. The molecule has 1 aromatic carbocycles. The number of rotatable bonds is 9. The molecule has 3 N–H and O–H groups in total. The van der Waals surface area contributed by atoms with Crippen LogP contribution >= 0.6 is 0 Å². The van der Waals surface area contributed by atoms with Crippen LogP contribution in [-0.4, -0.2) is 45.4 Å². The van der Waals surface area contributed by atoms with Gasteiger partial charge < -0.3 is 25.1 Å². The van der Waals surface area contributed by atoms with Gasteiger partial charge >= 0.3 is 5.97 Å². The van der Waals surface area contributed by atoms with Crippen LogP contribution in [0.1, 0.15) is 50.4 Å². The molecule has 9 nitrogen and oxygen atoms in total. The molecule has 2 unspecified atom stereocenters. The van der Waals surface area contributed by atoms with E-state index in [2.05, 4.69) is 15.5 Å². The number of hydrogen-bond acceptors (Lipinski definition) is 7. The van der Waals surface area contributed by atoms with Gasteiger partial charge in [-0.3, -0.25) is 9.59 Å². The number of benzene rings is 1. The molecule has 168 valence electrons. The van der Waals surface area contributed by atoms with Crippen molar-refractivity contribution in [3.05, 3.63) is 47.5 Å². The van der Waals surface area contributed by atoms with Gasteiger partial charge in [0.2, 0.25) is 5.91 Å². The monoisotopic (exact) mass is 429 g/mol. The van der Waals surface area contributed by atoms with E-state index in [0.717, 1.165) is 5.56 Å². The van der Waals surface area contributed by atoms with Gasteiger partial charge in [-0.25, -0.2) is 0 Å². The van der Waals surface area contributed by atoms with Crippen molar-refractivity contribution in [2.45, 2.75) is 58.3 Å². The molecule has 0 fully saturated rings. The van der Waals surface area contributed by atoms with Crippen molar-refractivity contribution in [3.8, 4) is 0 Å². The molecular weight excluding hydrogens is 398 g/mol. The number of carbonyl (C=O) groups is 2. The van der Waals surface area contributed by atoms with E-state index in [1.165, 1.54) is 0 Å². The molecule has 1 amide bonds. The van der Waals surface area contributed by atoms with Crippen LogP contribution in [0.3, 0.4) is 0 Å². The van der Waals surface area contributed by atoms with Crippen LogP contribution in [0, 0.1) is 5.92 Å². The first-order valence-electron chi connectivity index (χ1n) is 10.6. The highest BCUT2D eigenvalue weighted by atomic mass is 16.5. The minimum atomic E-state index is -1.04. The maximum Gasteiger partial charge on any atom is 0.309 e. The van der Waals surface area contributed by atoms with Crippen molar-refractivity contribution >= 4 is 11.9 Å². The second-order valence-corrected chi connectivity index (χ2v) is 8.32. The maximum absolute atomic E-state index is 12.6. The zero-order chi connectivity index (χ0) is 22.4. The topological polar surface area (TPSA) is 121 Å². The lowest BCUT2D eigenvalue weighted by molar-refractivity contribution is -0.148. The Hall–Kier alpha value is -2.78.